The second-order valence-corrected chi connectivity index (χ2v) is 6.65. The fraction of sp³-hybridized carbons (Fsp3) is 0.526. The molecule has 0 bridgehead atoms. The van der Waals surface area contributed by atoms with E-state index in [-0.39, 0.29) is 0 Å². The zero-order valence-electron chi connectivity index (χ0n) is 15.7. The summed E-state index contributed by atoms with van der Waals surface area (Å²) in [6.07, 6.45) is 2.56. The Balaban J connectivity index is 1.63. The molecule has 0 amide bonds. The van der Waals surface area contributed by atoms with Crippen molar-refractivity contribution in [2.24, 2.45) is 10.9 Å². The van der Waals surface area contributed by atoms with E-state index in [4.69, 9.17) is 9.26 Å². The van der Waals surface area contributed by atoms with Gasteiger partial charge in [0.15, 0.2) is 11.8 Å². The summed E-state index contributed by atoms with van der Waals surface area (Å²) < 4.78 is 11.1. The van der Waals surface area contributed by atoms with Crippen LogP contribution >= 0.6 is 0 Å². The lowest BCUT2D eigenvalue weighted by atomic mass is 10.1. The zero-order chi connectivity index (χ0) is 18.4. The number of rotatable bonds is 8. The van der Waals surface area contributed by atoms with Gasteiger partial charge in [0, 0.05) is 12.1 Å². The molecule has 2 N–H and O–H groups in total. The smallest absolute Gasteiger partial charge is 0.246 e. The summed E-state index contributed by atoms with van der Waals surface area (Å²) in [5.41, 5.74) is 2.28. The molecule has 3 rings (SSSR count). The van der Waals surface area contributed by atoms with E-state index in [1.807, 2.05) is 6.92 Å². The van der Waals surface area contributed by atoms with Crippen LogP contribution in [0.25, 0.3) is 0 Å². The quantitative estimate of drug-likeness (QED) is 0.558. The SMILES string of the molecule is CCNC(=NCc1ccc(C)cc1OCC1CC1)NCc1nc(C)no1. The minimum atomic E-state index is 0.436. The molecule has 1 aromatic heterocycles. The van der Waals surface area contributed by atoms with Crippen molar-refractivity contribution in [2.75, 3.05) is 13.2 Å². The minimum absolute atomic E-state index is 0.436. The molecule has 26 heavy (non-hydrogen) atoms. The van der Waals surface area contributed by atoms with E-state index in [2.05, 4.69) is 50.9 Å². The van der Waals surface area contributed by atoms with Crippen molar-refractivity contribution >= 4 is 5.96 Å². The summed E-state index contributed by atoms with van der Waals surface area (Å²) in [5, 5.41) is 10.2. The van der Waals surface area contributed by atoms with Crippen LogP contribution in [0.3, 0.4) is 0 Å². The predicted molar refractivity (Wildman–Crippen MR) is 100 cm³/mol. The molecule has 1 aliphatic rings. The molecular weight excluding hydrogens is 330 g/mol. The van der Waals surface area contributed by atoms with Crippen molar-refractivity contribution in [3.63, 3.8) is 0 Å². The number of nitrogens with zero attached hydrogens (tertiary/aromatic N) is 3. The Kier molecular flexibility index (Phi) is 6.09. The minimum Gasteiger partial charge on any atom is -0.493 e. The number of ether oxygens (including phenoxy) is 1. The Labute approximate surface area is 154 Å². The van der Waals surface area contributed by atoms with Crippen LogP contribution in [-0.4, -0.2) is 29.3 Å². The maximum atomic E-state index is 6.02. The number of aliphatic imine (C=N–C) groups is 1. The molecule has 0 unspecified atom stereocenters. The van der Waals surface area contributed by atoms with Gasteiger partial charge in [-0.25, -0.2) is 4.99 Å². The van der Waals surface area contributed by atoms with E-state index < -0.39 is 0 Å². The zero-order valence-corrected chi connectivity index (χ0v) is 15.7. The summed E-state index contributed by atoms with van der Waals surface area (Å²) in [5.74, 6) is 3.53. The predicted octanol–water partition coefficient (Wildman–Crippen LogP) is 2.73. The first-order chi connectivity index (χ1) is 12.6. The first kappa shape index (κ1) is 18.2. The molecule has 0 aliphatic heterocycles. The number of hydrogen-bond donors (Lipinski definition) is 2. The molecule has 1 aliphatic carbocycles. The highest BCUT2D eigenvalue weighted by atomic mass is 16.5. The fourth-order valence-electron chi connectivity index (χ4n) is 2.50. The molecule has 0 spiro atoms. The highest BCUT2D eigenvalue weighted by molar-refractivity contribution is 5.79. The van der Waals surface area contributed by atoms with Crippen molar-refractivity contribution in [3.8, 4) is 5.75 Å². The Morgan fingerprint density at radius 2 is 2.15 bits per heavy atom. The van der Waals surface area contributed by atoms with Crippen LogP contribution in [0, 0.1) is 19.8 Å². The highest BCUT2D eigenvalue weighted by Gasteiger charge is 2.22. The molecular formula is C19H27N5O2. The molecule has 0 atom stereocenters. The first-order valence-electron chi connectivity index (χ1n) is 9.17. The lowest BCUT2D eigenvalue weighted by molar-refractivity contribution is 0.296. The van der Waals surface area contributed by atoms with Gasteiger partial charge >= 0.3 is 0 Å². The topological polar surface area (TPSA) is 84.6 Å². The van der Waals surface area contributed by atoms with Crippen molar-refractivity contribution < 1.29 is 9.26 Å². The van der Waals surface area contributed by atoms with Gasteiger partial charge in [0.2, 0.25) is 5.89 Å². The van der Waals surface area contributed by atoms with Gasteiger partial charge in [-0.3, -0.25) is 0 Å². The Bertz CT molecular complexity index is 752. The maximum absolute atomic E-state index is 6.02. The third-order valence-electron chi connectivity index (χ3n) is 4.12. The number of aromatic nitrogens is 2. The van der Waals surface area contributed by atoms with Gasteiger partial charge in [-0.15, -0.1) is 0 Å². The van der Waals surface area contributed by atoms with Crippen LogP contribution in [0.5, 0.6) is 5.75 Å². The van der Waals surface area contributed by atoms with E-state index in [9.17, 15) is 0 Å². The van der Waals surface area contributed by atoms with Crippen LogP contribution < -0.4 is 15.4 Å². The lowest BCUT2D eigenvalue weighted by Crippen LogP contribution is -2.36. The molecule has 7 heteroatoms. The fourth-order valence-corrected chi connectivity index (χ4v) is 2.50. The van der Waals surface area contributed by atoms with Crippen molar-refractivity contribution in [1.82, 2.24) is 20.8 Å². The molecule has 1 saturated carbocycles. The molecule has 1 aromatic carbocycles. The number of aryl methyl sites for hydroxylation is 2. The Morgan fingerprint density at radius 3 is 2.85 bits per heavy atom. The van der Waals surface area contributed by atoms with Crippen LogP contribution in [-0.2, 0) is 13.1 Å². The average Bonchev–Trinajstić information content (AvgIpc) is 3.37. The third-order valence-corrected chi connectivity index (χ3v) is 4.12. The second-order valence-electron chi connectivity index (χ2n) is 6.65. The van der Waals surface area contributed by atoms with Crippen LogP contribution in [0.1, 0.15) is 42.6 Å². The first-order valence-corrected chi connectivity index (χ1v) is 9.17. The van der Waals surface area contributed by atoms with Gasteiger partial charge in [0.05, 0.1) is 19.7 Å². The molecule has 1 heterocycles. The number of nitrogens with one attached hydrogen (secondary N) is 2. The molecule has 0 saturated heterocycles. The van der Waals surface area contributed by atoms with Crippen LogP contribution in [0.4, 0.5) is 0 Å². The molecule has 7 nitrogen and oxygen atoms in total. The van der Waals surface area contributed by atoms with Gasteiger partial charge in [-0.05, 0) is 51.2 Å². The molecule has 2 aromatic rings. The monoisotopic (exact) mass is 357 g/mol. The van der Waals surface area contributed by atoms with E-state index in [0.717, 1.165) is 30.4 Å². The normalized spacial score (nSPS) is 14.3. The Morgan fingerprint density at radius 1 is 1.31 bits per heavy atom. The van der Waals surface area contributed by atoms with Crippen LogP contribution in [0.2, 0.25) is 0 Å². The van der Waals surface area contributed by atoms with Crippen molar-refractivity contribution in [2.45, 2.75) is 46.7 Å². The Hall–Kier alpha value is -2.57. The maximum Gasteiger partial charge on any atom is 0.246 e. The van der Waals surface area contributed by atoms with Gasteiger partial charge < -0.3 is 19.9 Å². The van der Waals surface area contributed by atoms with E-state index in [1.54, 1.807) is 6.92 Å². The molecule has 1 fully saturated rings. The average molecular weight is 357 g/mol. The summed E-state index contributed by atoms with van der Waals surface area (Å²) in [6.45, 7) is 8.46. The number of hydrogen-bond acceptors (Lipinski definition) is 5. The second kappa shape index (κ2) is 8.69. The molecule has 0 radical (unpaired) electrons. The van der Waals surface area contributed by atoms with Crippen molar-refractivity contribution in [1.29, 1.82) is 0 Å². The van der Waals surface area contributed by atoms with E-state index in [1.165, 1.54) is 18.4 Å². The van der Waals surface area contributed by atoms with Gasteiger partial charge in [0.1, 0.15) is 5.75 Å². The van der Waals surface area contributed by atoms with E-state index >= 15 is 0 Å². The summed E-state index contributed by atoms with van der Waals surface area (Å²) in [4.78, 5) is 8.85. The summed E-state index contributed by atoms with van der Waals surface area (Å²) >= 11 is 0. The highest BCUT2D eigenvalue weighted by Crippen LogP contribution is 2.30. The van der Waals surface area contributed by atoms with E-state index in [0.29, 0.717) is 30.8 Å². The summed E-state index contributed by atoms with van der Waals surface area (Å²) in [7, 11) is 0. The van der Waals surface area contributed by atoms with Gasteiger partial charge in [-0.1, -0.05) is 17.3 Å². The largest absolute Gasteiger partial charge is 0.493 e. The third kappa shape index (κ3) is 5.47. The van der Waals surface area contributed by atoms with Crippen LogP contribution in [0.15, 0.2) is 27.7 Å². The standard InChI is InChI=1S/C19H27N5O2/c1-4-20-19(22-11-18-23-14(3)24-26-18)21-10-16-8-5-13(2)9-17(16)25-12-15-6-7-15/h5,8-9,15H,4,6-7,10-12H2,1-3H3,(H2,20,21,22). The summed E-state index contributed by atoms with van der Waals surface area (Å²) in [6, 6.07) is 6.27. The molecule has 140 valence electrons. The van der Waals surface area contributed by atoms with Gasteiger partial charge in [0.25, 0.3) is 0 Å². The van der Waals surface area contributed by atoms with Gasteiger partial charge in [-0.2, -0.15) is 4.98 Å². The van der Waals surface area contributed by atoms with Crippen molar-refractivity contribution in [3.05, 3.63) is 41.0 Å². The lowest BCUT2D eigenvalue weighted by Gasteiger charge is -2.13. The number of benzene rings is 1. The number of guanidine groups is 1.